The van der Waals surface area contributed by atoms with Gasteiger partial charge in [0.15, 0.2) is 11.5 Å². The molecule has 0 amide bonds. The highest BCUT2D eigenvalue weighted by Crippen LogP contribution is 2.37. The molecule has 0 aliphatic heterocycles. The Kier molecular flexibility index (Phi) is 6.84. The molecule has 2 rings (SSSR count). The predicted octanol–water partition coefficient (Wildman–Crippen LogP) is 4.59. The topological polar surface area (TPSA) is 55.8 Å². The summed E-state index contributed by atoms with van der Waals surface area (Å²) in [7, 11) is -1.54. The molecule has 28 heavy (non-hydrogen) atoms. The fraction of sp³-hybridized carbons (Fsp3) is 0.333. The second kappa shape index (κ2) is 8.59. The summed E-state index contributed by atoms with van der Waals surface area (Å²) in [4.78, 5) is -0.841. The van der Waals surface area contributed by atoms with Gasteiger partial charge in [0.1, 0.15) is 0 Å². The molecule has 0 fully saturated rings. The lowest BCUT2D eigenvalue weighted by molar-refractivity contribution is -0.139. The summed E-state index contributed by atoms with van der Waals surface area (Å²) >= 11 is 5.64. The number of sulfonamides is 1. The fourth-order valence-corrected chi connectivity index (χ4v) is 4.44. The first-order chi connectivity index (χ1) is 13.0. The first-order valence-electron chi connectivity index (χ1n) is 8.12. The van der Waals surface area contributed by atoms with Crippen LogP contribution in [-0.2, 0) is 22.7 Å². The minimum absolute atomic E-state index is 0.0311. The number of alkyl halides is 3. The molecule has 0 saturated heterocycles. The molecule has 0 aliphatic carbocycles. The molecular weight excluding hydrogens is 419 g/mol. The van der Waals surface area contributed by atoms with E-state index in [0.717, 1.165) is 16.4 Å². The lowest BCUT2D eigenvalue weighted by atomic mass is 10.2. The molecule has 0 atom stereocenters. The highest BCUT2D eigenvalue weighted by atomic mass is 35.5. The second-order valence-electron chi connectivity index (χ2n) is 5.76. The third-order valence-electron chi connectivity index (χ3n) is 4.02. The van der Waals surface area contributed by atoms with Gasteiger partial charge in [-0.1, -0.05) is 24.6 Å². The molecule has 0 aliphatic rings. The second-order valence-corrected chi connectivity index (χ2v) is 8.10. The van der Waals surface area contributed by atoms with Crippen molar-refractivity contribution in [2.75, 3.05) is 20.8 Å². The van der Waals surface area contributed by atoms with Crippen LogP contribution < -0.4 is 9.47 Å². The van der Waals surface area contributed by atoms with E-state index >= 15 is 0 Å². The van der Waals surface area contributed by atoms with Gasteiger partial charge in [-0.15, -0.1) is 0 Å². The van der Waals surface area contributed by atoms with E-state index in [1.165, 1.54) is 14.2 Å². The Balaban J connectivity index is 2.47. The van der Waals surface area contributed by atoms with Gasteiger partial charge >= 0.3 is 6.18 Å². The lowest BCUT2D eigenvalue weighted by Crippen LogP contribution is -2.32. The molecule has 0 bridgehead atoms. The van der Waals surface area contributed by atoms with Gasteiger partial charge in [0, 0.05) is 18.1 Å². The number of hydrogen-bond acceptors (Lipinski definition) is 4. The zero-order valence-corrected chi connectivity index (χ0v) is 17.0. The van der Waals surface area contributed by atoms with Crippen molar-refractivity contribution >= 4 is 21.6 Å². The Labute approximate surface area is 166 Å². The summed E-state index contributed by atoms with van der Waals surface area (Å²) in [5.74, 6) is 0.838. The van der Waals surface area contributed by atoms with Gasteiger partial charge < -0.3 is 9.47 Å². The highest BCUT2D eigenvalue weighted by molar-refractivity contribution is 7.89. The predicted molar refractivity (Wildman–Crippen MR) is 99.3 cm³/mol. The average Bonchev–Trinajstić information content (AvgIpc) is 2.64. The van der Waals surface area contributed by atoms with Crippen molar-refractivity contribution in [2.45, 2.75) is 24.5 Å². The lowest BCUT2D eigenvalue weighted by Gasteiger charge is -2.23. The molecule has 0 N–H and O–H groups in total. The van der Waals surface area contributed by atoms with Crippen LogP contribution in [0.3, 0.4) is 0 Å². The van der Waals surface area contributed by atoms with Gasteiger partial charge in [0.05, 0.1) is 24.7 Å². The summed E-state index contributed by atoms with van der Waals surface area (Å²) in [6, 6.07) is 7.39. The highest BCUT2D eigenvalue weighted by Gasteiger charge is 2.39. The van der Waals surface area contributed by atoms with E-state index in [2.05, 4.69) is 0 Å². The Morgan fingerprint density at radius 3 is 2.21 bits per heavy atom. The van der Waals surface area contributed by atoms with Gasteiger partial charge in [-0.25, -0.2) is 8.42 Å². The van der Waals surface area contributed by atoms with E-state index in [1.54, 1.807) is 25.1 Å². The van der Waals surface area contributed by atoms with Crippen molar-refractivity contribution in [3.05, 3.63) is 52.5 Å². The zero-order chi connectivity index (χ0) is 21.1. The van der Waals surface area contributed by atoms with Crippen molar-refractivity contribution in [1.82, 2.24) is 4.31 Å². The molecule has 0 spiro atoms. The van der Waals surface area contributed by atoms with Gasteiger partial charge in [-0.3, -0.25) is 0 Å². The number of ether oxygens (including phenoxy) is 2. The molecule has 0 unspecified atom stereocenters. The molecule has 0 heterocycles. The van der Waals surface area contributed by atoms with Crippen LogP contribution in [0.25, 0.3) is 0 Å². The minimum Gasteiger partial charge on any atom is -0.493 e. The van der Waals surface area contributed by atoms with E-state index in [0.29, 0.717) is 23.1 Å². The minimum atomic E-state index is -4.87. The van der Waals surface area contributed by atoms with Crippen molar-refractivity contribution < 1.29 is 31.1 Å². The van der Waals surface area contributed by atoms with Crippen LogP contribution in [-0.4, -0.2) is 33.5 Å². The summed E-state index contributed by atoms with van der Waals surface area (Å²) in [5, 5.41) is -0.200. The standard InChI is InChI=1S/C18H19ClF3NO4S/c1-4-23(11-12-5-7-15(26-2)16(9-12)27-3)28(24,25)17-8-6-13(19)10-14(17)18(20,21)22/h5-10H,4,11H2,1-3H3. The van der Waals surface area contributed by atoms with Gasteiger partial charge in [0.2, 0.25) is 10.0 Å². The average molecular weight is 438 g/mol. The van der Waals surface area contributed by atoms with E-state index in [-0.39, 0.29) is 18.1 Å². The van der Waals surface area contributed by atoms with E-state index in [4.69, 9.17) is 21.1 Å². The first kappa shape index (κ1) is 22.3. The van der Waals surface area contributed by atoms with Crippen LogP contribution in [0.15, 0.2) is 41.3 Å². The van der Waals surface area contributed by atoms with Crippen molar-refractivity contribution in [3.8, 4) is 11.5 Å². The first-order valence-corrected chi connectivity index (χ1v) is 9.94. The Morgan fingerprint density at radius 1 is 1.04 bits per heavy atom. The van der Waals surface area contributed by atoms with Crippen molar-refractivity contribution in [1.29, 1.82) is 0 Å². The van der Waals surface area contributed by atoms with E-state index < -0.39 is 26.7 Å². The molecule has 154 valence electrons. The van der Waals surface area contributed by atoms with E-state index in [9.17, 15) is 21.6 Å². The van der Waals surface area contributed by atoms with Gasteiger partial charge in [-0.05, 0) is 35.9 Å². The maximum atomic E-state index is 13.4. The number of rotatable bonds is 7. The Bertz CT molecular complexity index is 948. The molecule has 2 aromatic rings. The number of hydrogen-bond donors (Lipinski definition) is 0. The normalized spacial score (nSPS) is 12.3. The van der Waals surface area contributed by atoms with Gasteiger partial charge in [0.25, 0.3) is 0 Å². The monoisotopic (exact) mass is 437 g/mol. The molecule has 5 nitrogen and oxygen atoms in total. The van der Waals surface area contributed by atoms with Crippen LogP contribution in [0.4, 0.5) is 13.2 Å². The smallest absolute Gasteiger partial charge is 0.417 e. The summed E-state index contributed by atoms with van der Waals surface area (Å²) in [6.07, 6.45) is -4.87. The van der Waals surface area contributed by atoms with Crippen LogP contribution in [0, 0.1) is 0 Å². The maximum absolute atomic E-state index is 13.4. The number of halogens is 4. The van der Waals surface area contributed by atoms with Crippen LogP contribution in [0.2, 0.25) is 5.02 Å². The molecule has 0 radical (unpaired) electrons. The fourth-order valence-electron chi connectivity index (χ4n) is 2.64. The molecule has 0 saturated carbocycles. The van der Waals surface area contributed by atoms with Crippen molar-refractivity contribution in [2.24, 2.45) is 0 Å². The summed E-state index contributed by atoms with van der Waals surface area (Å²) in [5.41, 5.74) is -0.767. The molecule has 10 heteroatoms. The van der Waals surface area contributed by atoms with Gasteiger partial charge in [-0.2, -0.15) is 17.5 Å². The largest absolute Gasteiger partial charge is 0.493 e. The van der Waals surface area contributed by atoms with Crippen LogP contribution >= 0.6 is 11.6 Å². The van der Waals surface area contributed by atoms with E-state index in [1.807, 2.05) is 0 Å². The maximum Gasteiger partial charge on any atom is 0.417 e. The SMILES string of the molecule is CCN(Cc1ccc(OC)c(OC)c1)S(=O)(=O)c1ccc(Cl)cc1C(F)(F)F. The number of benzene rings is 2. The quantitative estimate of drug-likeness (QED) is 0.636. The third kappa shape index (κ3) is 4.71. The third-order valence-corrected chi connectivity index (χ3v) is 6.24. The number of methoxy groups -OCH3 is 2. The zero-order valence-electron chi connectivity index (χ0n) is 15.4. The molecule has 2 aromatic carbocycles. The molecular formula is C18H19ClF3NO4S. The summed E-state index contributed by atoms with van der Waals surface area (Å²) < 4.78 is 77.3. The number of nitrogens with zero attached hydrogens (tertiary/aromatic N) is 1. The Morgan fingerprint density at radius 2 is 1.68 bits per heavy atom. The molecule has 0 aromatic heterocycles. The summed E-state index contributed by atoms with van der Waals surface area (Å²) in [6.45, 7) is 1.37. The van der Waals surface area contributed by atoms with Crippen LogP contribution in [0.1, 0.15) is 18.1 Å². The Hall–Kier alpha value is -1.97. The van der Waals surface area contributed by atoms with Crippen molar-refractivity contribution in [3.63, 3.8) is 0 Å². The van der Waals surface area contributed by atoms with Crippen LogP contribution in [0.5, 0.6) is 11.5 Å².